The zero-order valence-electron chi connectivity index (χ0n) is 9.33. The number of carbonyl (C=O) groups excluding carboxylic acids is 1. The van der Waals surface area contributed by atoms with Gasteiger partial charge >= 0.3 is 5.97 Å². The van der Waals surface area contributed by atoms with Crippen molar-refractivity contribution in [3.05, 3.63) is 35.9 Å². The fraction of sp³-hybridized carbons (Fsp3) is 0.231. The highest BCUT2D eigenvalue weighted by Gasteiger charge is 1.94. The van der Waals surface area contributed by atoms with Gasteiger partial charge in [-0.15, -0.1) is 0 Å². The third-order valence-electron chi connectivity index (χ3n) is 2.03. The Bertz CT molecular complexity index is 392. The summed E-state index contributed by atoms with van der Waals surface area (Å²) in [6, 6.07) is 7.08. The molecule has 0 aliphatic heterocycles. The first-order valence-corrected chi connectivity index (χ1v) is 5.30. The second-order valence-electron chi connectivity index (χ2n) is 3.40. The number of aldehydes is 1. The summed E-state index contributed by atoms with van der Waals surface area (Å²) in [6.45, 7) is 0.503. The summed E-state index contributed by atoms with van der Waals surface area (Å²) in [5.74, 6) is -0.262. The average molecular weight is 234 g/mol. The largest absolute Gasteiger partial charge is 0.494 e. The van der Waals surface area contributed by atoms with Crippen molar-refractivity contribution < 1.29 is 19.4 Å². The highest BCUT2D eigenvalue weighted by molar-refractivity contribution is 5.85. The Kier molecular flexibility index (Phi) is 5.51. The topological polar surface area (TPSA) is 63.6 Å². The van der Waals surface area contributed by atoms with Crippen molar-refractivity contribution in [3.8, 4) is 5.75 Å². The molecule has 0 aliphatic carbocycles. The van der Waals surface area contributed by atoms with E-state index >= 15 is 0 Å². The van der Waals surface area contributed by atoms with Gasteiger partial charge < -0.3 is 14.6 Å². The third-order valence-corrected chi connectivity index (χ3v) is 2.03. The molecule has 0 spiro atoms. The molecule has 0 atom stereocenters. The number of unbranched alkanes of at least 4 members (excludes halogenated alkanes) is 1. The lowest BCUT2D eigenvalue weighted by molar-refractivity contribution is -0.131. The minimum Gasteiger partial charge on any atom is -0.494 e. The van der Waals surface area contributed by atoms with Gasteiger partial charge in [0.25, 0.3) is 0 Å². The first-order valence-electron chi connectivity index (χ1n) is 5.30. The molecule has 17 heavy (non-hydrogen) atoms. The molecule has 1 rings (SSSR count). The Hall–Kier alpha value is -2.10. The molecule has 0 aliphatic rings. The summed E-state index contributed by atoms with van der Waals surface area (Å²) < 4.78 is 5.39. The van der Waals surface area contributed by atoms with E-state index in [-0.39, 0.29) is 0 Å². The van der Waals surface area contributed by atoms with Crippen molar-refractivity contribution in [1.29, 1.82) is 0 Å². The molecule has 4 heteroatoms. The minimum absolute atomic E-state index is 0.499. The van der Waals surface area contributed by atoms with Crippen LogP contribution >= 0.6 is 0 Å². The Morgan fingerprint density at radius 2 is 2.00 bits per heavy atom. The highest BCUT2D eigenvalue weighted by atomic mass is 16.5. The number of aliphatic carboxylic acids is 1. The molecule has 0 bridgehead atoms. The van der Waals surface area contributed by atoms with Crippen molar-refractivity contribution in [3.63, 3.8) is 0 Å². The molecule has 0 heterocycles. The Morgan fingerprint density at radius 1 is 1.29 bits per heavy atom. The van der Waals surface area contributed by atoms with Crippen LogP contribution in [0.25, 0.3) is 6.08 Å². The molecule has 1 aromatic rings. The summed E-state index contributed by atoms with van der Waals surface area (Å²) in [4.78, 5) is 20.4. The maximum atomic E-state index is 10.3. The van der Waals surface area contributed by atoms with Crippen LogP contribution in [0.5, 0.6) is 5.75 Å². The standard InChI is InChI=1S/C13H14O4/c14-9-1-2-10-17-12-6-3-11(4-7-12)5-8-13(15)16/h3-9H,1-2,10H2,(H,15,16). The smallest absolute Gasteiger partial charge is 0.328 e. The monoisotopic (exact) mass is 234 g/mol. The van der Waals surface area contributed by atoms with Crippen molar-refractivity contribution in [2.24, 2.45) is 0 Å². The molecule has 0 amide bonds. The van der Waals surface area contributed by atoms with Crippen molar-refractivity contribution >= 4 is 18.3 Å². The number of rotatable bonds is 7. The zero-order valence-corrected chi connectivity index (χ0v) is 9.33. The molecule has 0 radical (unpaired) electrons. The zero-order chi connectivity index (χ0) is 12.5. The molecule has 0 aromatic heterocycles. The van der Waals surface area contributed by atoms with Crippen LogP contribution in [0.1, 0.15) is 18.4 Å². The van der Waals surface area contributed by atoms with Crippen LogP contribution in [0.15, 0.2) is 30.3 Å². The number of benzene rings is 1. The number of carboxylic acid groups (broad SMARTS) is 1. The number of hydrogen-bond donors (Lipinski definition) is 1. The fourth-order valence-electron chi connectivity index (χ4n) is 1.20. The van der Waals surface area contributed by atoms with Crippen LogP contribution < -0.4 is 4.74 Å². The molecule has 0 saturated heterocycles. The van der Waals surface area contributed by atoms with Gasteiger partial charge in [-0.3, -0.25) is 0 Å². The molecular formula is C13H14O4. The van der Waals surface area contributed by atoms with Crippen LogP contribution in [-0.4, -0.2) is 24.0 Å². The van der Waals surface area contributed by atoms with E-state index < -0.39 is 5.97 Å². The predicted octanol–water partition coefficient (Wildman–Crippen LogP) is 2.14. The Labute approximate surface area is 99.5 Å². The molecule has 0 unspecified atom stereocenters. The normalized spacial score (nSPS) is 10.4. The number of hydrogen-bond acceptors (Lipinski definition) is 3. The van der Waals surface area contributed by atoms with Crippen LogP contribution in [0.4, 0.5) is 0 Å². The highest BCUT2D eigenvalue weighted by Crippen LogP contribution is 2.13. The maximum absolute atomic E-state index is 10.3. The summed E-state index contributed by atoms with van der Waals surface area (Å²) >= 11 is 0. The van der Waals surface area contributed by atoms with E-state index in [0.29, 0.717) is 25.2 Å². The predicted molar refractivity (Wildman–Crippen MR) is 63.9 cm³/mol. The van der Waals surface area contributed by atoms with Gasteiger partial charge in [0.15, 0.2) is 0 Å². The molecule has 1 aromatic carbocycles. The SMILES string of the molecule is O=CCCCOc1ccc(C=CC(=O)O)cc1. The fourth-order valence-corrected chi connectivity index (χ4v) is 1.20. The van der Waals surface area contributed by atoms with Crippen LogP contribution in [0, 0.1) is 0 Å². The van der Waals surface area contributed by atoms with Gasteiger partial charge in [0.05, 0.1) is 6.61 Å². The van der Waals surface area contributed by atoms with Gasteiger partial charge in [-0.25, -0.2) is 4.79 Å². The van der Waals surface area contributed by atoms with Gasteiger partial charge in [-0.05, 0) is 30.2 Å². The number of ether oxygens (including phenoxy) is 1. The third kappa shape index (κ3) is 5.51. The minimum atomic E-state index is -0.973. The molecule has 0 fully saturated rings. The van der Waals surface area contributed by atoms with Gasteiger partial charge in [0.2, 0.25) is 0 Å². The second-order valence-corrected chi connectivity index (χ2v) is 3.40. The molecule has 0 saturated carbocycles. The van der Waals surface area contributed by atoms with Crippen molar-refractivity contribution in [2.75, 3.05) is 6.61 Å². The van der Waals surface area contributed by atoms with Crippen LogP contribution in [-0.2, 0) is 9.59 Å². The van der Waals surface area contributed by atoms with E-state index in [4.69, 9.17) is 9.84 Å². The lowest BCUT2D eigenvalue weighted by Crippen LogP contribution is -1.97. The Balaban J connectivity index is 2.44. The van der Waals surface area contributed by atoms with E-state index in [0.717, 1.165) is 17.9 Å². The van der Waals surface area contributed by atoms with Gasteiger partial charge in [0.1, 0.15) is 12.0 Å². The van der Waals surface area contributed by atoms with E-state index in [1.165, 1.54) is 6.08 Å². The number of carboxylic acids is 1. The summed E-state index contributed by atoms with van der Waals surface area (Å²) in [7, 11) is 0. The van der Waals surface area contributed by atoms with E-state index in [1.807, 2.05) is 0 Å². The second kappa shape index (κ2) is 7.22. The number of carbonyl (C=O) groups is 2. The first kappa shape index (κ1) is 13.0. The lowest BCUT2D eigenvalue weighted by atomic mass is 10.2. The maximum Gasteiger partial charge on any atom is 0.328 e. The van der Waals surface area contributed by atoms with Crippen LogP contribution in [0.2, 0.25) is 0 Å². The lowest BCUT2D eigenvalue weighted by Gasteiger charge is -2.04. The van der Waals surface area contributed by atoms with E-state index in [2.05, 4.69) is 0 Å². The van der Waals surface area contributed by atoms with Crippen molar-refractivity contribution in [2.45, 2.75) is 12.8 Å². The Morgan fingerprint density at radius 3 is 2.59 bits per heavy atom. The summed E-state index contributed by atoms with van der Waals surface area (Å²) in [5, 5.41) is 8.46. The summed E-state index contributed by atoms with van der Waals surface area (Å²) in [6.07, 6.45) is 4.66. The van der Waals surface area contributed by atoms with Gasteiger partial charge in [-0.2, -0.15) is 0 Å². The van der Waals surface area contributed by atoms with E-state index in [9.17, 15) is 9.59 Å². The molecule has 1 N–H and O–H groups in total. The quantitative estimate of drug-likeness (QED) is 0.446. The molecule has 90 valence electrons. The first-order chi connectivity index (χ1) is 8.22. The molecular weight excluding hydrogens is 220 g/mol. The van der Waals surface area contributed by atoms with Crippen molar-refractivity contribution in [1.82, 2.24) is 0 Å². The van der Waals surface area contributed by atoms with E-state index in [1.54, 1.807) is 24.3 Å². The molecule has 4 nitrogen and oxygen atoms in total. The van der Waals surface area contributed by atoms with Gasteiger partial charge in [0, 0.05) is 12.5 Å². The van der Waals surface area contributed by atoms with Gasteiger partial charge in [-0.1, -0.05) is 12.1 Å². The average Bonchev–Trinajstić information content (AvgIpc) is 2.33. The summed E-state index contributed by atoms with van der Waals surface area (Å²) in [5.41, 5.74) is 0.799. The van der Waals surface area contributed by atoms with Crippen LogP contribution in [0.3, 0.4) is 0 Å².